The molecular weight excluding hydrogens is 430 g/mol. The predicted octanol–water partition coefficient (Wildman–Crippen LogP) is 6.09. The van der Waals surface area contributed by atoms with Crippen LogP contribution < -0.4 is 5.32 Å². The van der Waals surface area contributed by atoms with E-state index in [1.165, 1.54) is 5.56 Å². The Morgan fingerprint density at radius 3 is 2.33 bits per heavy atom. The zero-order valence-corrected chi connectivity index (χ0v) is 20.7. The number of carbonyl (C=O) groups is 2. The van der Waals surface area contributed by atoms with Gasteiger partial charge in [0.25, 0.3) is 0 Å². The van der Waals surface area contributed by atoms with Gasteiger partial charge in [-0.2, -0.15) is 0 Å². The number of rotatable bonds is 9. The number of benzene rings is 2. The first-order chi connectivity index (χ1) is 15.9. The minimum absolute atomic E-state index is 0.0220. The summed E-state index contributed by atoms with van der Waals surface area (Å²) in [5.41, 5.74) is 4.14. The Bertz CT molecular complexity index is 1060. The number of nitrogens with zero attached hydrogens (tertiary/aromatic N) is 2. The molecule has 3 amide bonds. The van der Waals surface area contributed by atoms with Crippen LogP contribution in [0, 0.1) is 6.92 Å². The number of carbonyl (C=O) groups excluding carboxylic acids is 2. The quantitative estimate of drug-likeness (QED) is 0.417. The summed E-state index contributed by atoms with van der Waals surface area (Å²) in [6, 6.07) is 19.5. The maximum absolute atomic E-state index is 13.5. The van der Waals surface area contributed by atoms with E-state index in [-0.39, 0.29) is 24.5 Å². The number of hydrogen-bond acceptors (Lipinski definition) is 3. The predicted molar refractivity (Wildman–Crippen MR) is 136 cm³/mol. The number of amides is 3. The molecule has 0 aliphatic carbocycles. The minimum Gasteiger partial charge on any atom is -0.332 e. The van der Waals surface area contributed by atoms with Gasteiger partial charge in [-0.3, -0.25) is 4.79 Å². The number of hydrogen-bond donors (Lipinski definition) is 1. The highest BCUT2D eigenvalue weighted by atomic mass is 32.1. The van der Waals surface area contributed by atoms with Crippen LogP contribution in [0.4, 0.5) is 10.5 Å². The van der Waals surface area contributed by atoms with Crippen molar-refractivity contribution in [2.75, 3.05) is 11.9 Å². The van der Waals surface area contributed by atoms with E-state index in [4.69, 9.17) is 0 Å². The summed E-state index contributed by atoms with van der Waals surface area (Å²) in [4.78, 5) is 31.2. The van der Waals surface area contributed by atoms with E-state index >= 15 is 0 Å². The van der Waals surface area contributed by atoms with Crippen LogP contribution in [0.25, 0.3) is 0 Å². The number of anilines is 1. The van der Waals surface area contributed by atoms with Gasteiger partial charge in [0.2, 0.25) is 5.91 Å². The molecular formula is C27H33N3O2S. The molecule has 0 spiro atoms. The Morgan fingerprint density at radius 2 is 1.70 bits per heavy atom. The van der Waals surface area contributed by atoms with Crippen LogP contribution >= 0.6 is 11.3 Å². The lowest BCUT2D eigenvalue weighted by Gasteiger charge is -2.30. The molecule has 1 aromatic heterocycles. The van der Waals surface area contributed by atoms with E-state index in [9.17, 15) is 9.59 Å². The van der Waals surface area contributed by atoms with E-state index in [1.54, 1.807) is 16.2 Å². The Balaban J connectivity index is 1.76. The van der Waals surface area contributed by atoms with Crippen molar-refractivity contribution in [3.8, 4) is 0 Å². The van der Waals surface area contributed by atoms with Crippen molar-refractivity contribution in [2.24, 2.45) is 0 Å². The average molecular weight is 464 g/mol. The number of nitrogens with one attached hydrogen (secondary N) is 1. The molecule has 2 aromatic carbocycles. The fourth-order valence-corrected chi connectivity index (χ4v) is 4.50. The third-order valence-corrected chi connectivity index (χ3v) is 6.66. The van der Waals surface area contributed by atoms with Gasteiger partial charge in [-0.25, -0.2) is 4.79 Å². The van der Waals surface area contributed by atoms with Crippen LogP contribution in [-0.4, -0.2) is 34.3 Å². The van der Waals surface area contributed by atoms with Crippen molar-refractivity contribution in [2.45, 2.75) is 53.2 Å². The lowest BCUT2D eigenvalue weighted by molar-refractivity contribution is -0.133. The Hall–Kier alpha value is -3.12. The molecule has 0 saturated heterocycles. The van der Waals surface area contributed by atoms with Gasteiger partial charge in [0.15, 0.2) is 0 Å². The molecule has 1 N–H and O–H groups in total. The molecule has 0 bridgehead atoms. The van der Waals surface area contributed by atoms with Crippen LogP contribution in [0.1, 0.15) is 42.3 Å². The zero-order valence-electron chi connectivity index (χ0n) is 19.9. The summed E-state index contributed by atoms with van der Waals surface area (Å²) in [5, 5.41) is 5.01. The highest BCUT2D eigenvalue weighted by Crippen LogP contribution is 2.20. The van der Waals surface area contributed by atoms with Crippen LogP contribution in [0.5, 0.6) is 0 Å². The monoisotopic (exact) mass is 463 g/mol. The van der Waals surface area contributed by atoms with Gasteiger partial charge in [-0.15, -0.1) is 11.3 Å². The van der Waals surface area contributed by atoms with Gasteiger partial charge in [-0.05, 0) is 67.5 Å². The topological polar surface area (TPSA) is 52.7 Å². The first-order valence-corrected chi connectivity index (χ1v) is 12.3. The SMILES string of the molecule is CCc1cccc(NC(=O)N(CC(=O)N(Cc2ccccc2)Cc2sccc2C)C(C)C)c1. The summed E-state index contributed by atoms with van der Waals surface area (Å²) >= 11 is 1.66. The normalized spacial score (nSPS) is 10.8. The van der Waals surface area contributed by atoms with Gasteiger partial charge in [0.1, 0.15) is 6.54 Å². The van der Waals surface area contributed by atoms with Crippen molar-refractivity contribution in [1.82, 2.24) is 9.80 Å². The number of aryl methyl sites for hydroxylation is 2. The van der Waals surface area contributed by atoms with Crippen molar-refractivity contribution in [3.05, 3.63) is 87.6 Å². The number of urea groups is 1. The summed E-state index contributed by atoms with van der Waals surface area (Å²) in [6.07, 6.45) is 0.896. The van der Waals surface area contributed by atoms with Crippen LogP contribution in [0.3, 0.4) is 0 Å². The third kappa shape index (κ3) is 6.93. The largest absolute Gasteiger partial charge is 0.332 e. The minimum atomic E-state index is -0.265. The molecule has 0 aliphatic rings. The standard InChI is InChI=1S/C27H33N3O2S/c1-5-22-12-9-13-24(16-22)28-27(32)30(20(2)3)19-26(31)29(17-23-10-7-6-8-11-23)18-25-21(4)14-15-33-25/h6-16,20H,5,17-19H2,1-4H3,(H,28,32). The van der Waals surface area contributed by atoms with Crippen molar-refractivity contribution < 1.29 is 9.59 Å². The van der Waals surface area contributed by atoms with Crippen molar-refractivity contribution in [1.29, 1.82) is 0 Å². The molecule has 0 aliphatic heterocycles. The second kappa shape index (κ2) is 11.7. The molecule has 174 valence electrons. The fraction of sp³-hybridized carbons (Fsp3) is 0.333. The molecule has 0 atom stereocenters. The van der Waals surface area contributed by atoms with Crippen LogP contribution in [-0.2, 0) is 24.3 Å². The molecule has 5 nitrogen and oxygen atoms in total. The molecule has 0 saturated carbocycles. The molecule has 3 rings (SSSR count). The van der Waals surface area contributed by atoms with E-state index in [2.05, 4.69) is 25.2 Å². The maximum Gasteiger partial charge on any atom is 0.322 e. The summed E-state index contributed by atoms with van der Waals surface area (Å²) in [7, 11) is 0. The van der Waals surface area contributed by atoms with Gasteiger partial charge < -0.3 is 15.1 Å². The zero-order chi connectivity index (χ0) is 23.8. The van der Waals surface area contributed by atoms with E-state index in [0.29, 0.717) is 13.1 Å². The highest BCUT2D eigenvalue weighted by Gasteiger charge is 2.24. The first-order valence-electron chi connectivity index (χ1n) is 11.4. The lowest BCUT2D eigenvalue weighted by Crippen LogP contribution is -2.47. The second-order valence-corrected chi connectivity index (χ2v) is 9.47. The van der Waals surface area contributed by atoms with Crippen LogP contribution in [0.15, 0.2) is 66.0 Å². The first kappa shape index (κ1) is 24.5. The number of thiophene rings is 1. The van der Waals surface area contributed by atoms with Gasteiger partial charge in [0.05, 0.1) is 6.54 Å². The van der Waals surface area contributed by atoms with Crippen molar-refractivity contribution in [3.63, 3.8) is 0 Å². The summed E-state index contributed by atoms with van der Waals surface area (Å²) < 4.78 is 0. The lowest BCUT2D eigenvalue weighted by atomic mass is 10.1. The van der Waals surface area contributed by atoms with Gasteiger partial charge in [0, 0.05) is 23.2 Å². The molecule has 0 fully saturated rings. The summed E-state index contributed by atoms with van der Waals surface area (Å²) in [5.74, 6) is -0.0715. The van der Waals surface area contributed by atoms with Gasteiger partial charge >= 0.3 is 6.03 Å². The summed E-state index contributed by atoms with van der Waals surface area (Å²) in [6.45, 7) is 9.06. The Kier molecular flexibility index (Phi) is 8.66. The molecule has 33 heavy (non-hydrogen) atoms. The molecule has 0 radical (unpaired) electrons. The third-order valence-electron chi connectivity index (χ3n) is 5.65. The Labute approximate surface area is 201 Å². The molecule has 0 unspecified atom stereocenters. The average Bonchev–Trinajstić information content (AvgIpc) is 3.21. The molecule has 3 aromatic rings. The van der Waals surface area contributed by atoms with E-state index in [1.807, 2.05) is 78.7 Å². The van der Waals surface area contributed by atoms with E-state index < -0.39 is 0 Å². The molecule has 1 heterocycles. The van der Waals surface area contributed by atoms with Crippen molar-refractivity contribution >= 4 is 29.0 Å². The second-order valence-electron chi connectivity index (χ2n) is 8.47. The van der Waals surface area contributed by atoms with Gasteiger partial charge in [-0.1, -0.05) is 49.4 Å². The maximum atomic E-state index is 13.5. The smallest absolute Gasteiger partial charge is 0.322 e. The van der Waals surface area contributed by atoms with E-state index in [0.717, 1.165) is 28.1 Å². The Morgan fingerprint density at radius 1 is 0.970 bits per heavy atom. The molecule has 6 heteroatoms. The highest BCUT2D eigenvalue weighted by molar-refractivity contribution is 7.10. The fourth-order valence-electron chi connectivity index (χ4n) is 3.57. The van der Waals surface area contributed by atoms with Crippen LogP contribution in [0.2, 0.25) is 0 Å².